The molecule has 1 saturated heterocycles. The third kappa shape index (κ3) is 1.07. The molecule has 2 N–H and O–H groups in total. The lowest BCUT2D eigenvalue weighted by molar-refractivity contribution is -0.240. The predicted octanol–water partition coefficient (Wildman–Crippen LogP) is -2.28. The van der Waals surface area contributed by atoms with Crippen LogP contribution in [-0.4, -0.2) is 34.7 Å². The summed E-state index contributed by atoms with van der Waals surface area (Å²) in [6.07, 6.45) is -3.81. The first-order chi connectivity index (χ1) is 4.61. The number of carbonyl (C=O) groups excluding carboxylic acids is 2. The third-order valence-electron chi connectivity index (χ3n) is 0.859. The van der Waals surface area contributed by atoms with Crippen LogP contribution in [0, 0.1) is 0 Å². The fraction of sp³-hybridized carbons (Fsp3) is 0.500. The van der Waals surface area contributed by atoms with Crippen molar-refractivity contribution in [1.82, 2.24) is 0 Å². The maximum absolute atomic E-state index is 10.2. The van der Waals surface area contributed by atoms with Gasteiger partial charge in [-0.2, -0.15) is 0 Å². The molecule has 0 aromatic heterocycles. The molecule has 6 nitrogen and oxygen atoms in total. The Morgan fingerprint density at radius 1 is 1.00 bits per heavy atom. The van der Waals surface area contributed by atoms with E-state index in [2.05, 4.69) is 9.47 Å². The normalized spacial score (nSPS) is 33.0. The highest BCUT2D eigenvalue weighted by atomic mass is 16.7. The topological polar surface area (TPSA) is 93.1 Å². The van der Waals surface area contributed by atoms with Crippen molar-refractivity contribution in [1.29, 1.82) is 0 Å². The van der Waals surface area contributed by atoms with E-state index in [1.165, 1.54) is 0 Å². The van der Waals surface area contributed by atoms with Gasteiger partial charge in [-0.1, -0.05) is 0 Å². The first-order valence-corrected chi connectivity index (χ1v) is 2.38. The largest absolute Gasteiger partial charge is 0.419 e. The van der Waals surface area contributed by atoms with Gasteiger partial charge in [-0.05, 0) is 0 Å². The van der Waals surface area contributed by atoms with Crippen LogP contribution in [-0.2, 0) is 19.1 Å². The zero-order chi connectivity index (χ0) is 7.72. The van der Waals surface area contributed by atoms with Gasteiger partial charge in [-0.25, -0.2) is 9.59 Å². The van der Waals surface area contributed by atoms with Crippen LogP contribution in [0.1, 0.15) is 0 Å². The molecule has 0 aromatic rings. The van der Waals surface area contributed by atoms with Gasteiger partial charge in [0.25, 0.3) is 12.6 Å². The lowest BCUT2D eigenvalue weighted by atomic mass is 10.5. The maximum atomic E-state index is 10.2. The molecule has 1 heterocycles. The van der Waals surface area contributed by atoms with Crippen molar-refractivity contribution in [3.05, 3.63) is 0 Å². The maximum Gasteiger partial charge on any atom is 0.379 e. The van der Waals surface area contributed by atoms with E-state index < -0.39 is 24.5 Å². The Balaban J connectivity index is 2.63. The van der Waals surface area contributed by atoms with Crippen LogP contribution in [0.25, 0.3) is 0 Å². The Morgan fingerprint density at radius 3 is 1.60 bits per heavy atom. The van der Waals surface area contributed by atoms with Gasteiger partial charge >= 0.3 is 11.9 Å². The molecule has 0 aliphatic carbocycles. The number of aliphatic hydroxyl groups excluding tert-OH is 2. The monoisotopic (exact) mass is 148 g/mol. The molecule has 2 atom stereocenters. The molecule has 0 saturated carbocycles. The molecule has 0 spiro atoms. The second-order valence-electron chi connectivity index (χ2n) is 1.58. The van der Waals surface area contributed by atoms with Gasteiger partial charge in [-0.15, -0.1) is 0 Å². The van der Waals surface area contributed by atoms with Crippen LogP contribution in [0.5, 0.6) is 0 Å². The molecule has 10 heavy (non-hydrogen) atoms. The van der Waals surface area contributed by atoms with Crippen LogP contribution < -0.4 is 0 Å². The molecule has 1 aliphatic rings. The van der Waals surface area contributed by atoms with Crippen molar-refractivity contribution in [3.8, 4) is 0 Å². The molecule has 0 radical (unpaired) electrons. The highest BCUT2D eigenvalue weighted by molar-refractivity contribution is 5.85. The average Bonchev–Trinajstić information content (AvgIpc) is 1.84. The standard InChI is InChI=1S/C4H4O6/c5-1-2(6)10-4(8)3(7)9-1/h1,4-5,8H/t1-,4-/m1/s1. The van der Waals surface area contributed by atoms with Crippen LogP contribution in [0.3, 0.4) is 0 Å². The van der Waals surface area contributed by atoms with Crippen molar-refractivity contribution >= 4 is 11.9 Å². The van der Waals surface area contributed by atoms with Gasteiger partial charge in [0.15, 0.2) is 0 Å². The first-order valence-electron chi connectivity index (χ1n) is 2.38. The van der Waals surface area contributed by atoms with E-state index in [1.807, 2.05) is 0 Å². The van der Waals surface area contributed by atoms with Crippen molar-refractivity contribution in [2.75, 3.05) is 0 Å². The molecular weight excluding hydrogens is 144 g/mol. The predicted molar refractivity (Wildman–Crippen MR) is 24.2 cm³/mol. The van der Waals surface area contributed by atoms with Gasteiger partial charge in [0, 0.05) is 0 Å². The SMILES string of the molecule is O=C1O[C@@H](O)C(=O)O[C@H]1O. The van der Waals surface area contributed by atoms with E-state index in [0.717, 1.165) is 0 Å². The molecule has 0 bridgehead atoms. The van der Waals surface area contributed by atoms with Gasteiger partial charge < -0.3 is 19.7 Å². The summed E-state index contributed by atoms with van der Waals surface area (Å²) in [7, 11) is 0. The van der Waals surface area contributed by atoms with Crippen molar-refractivity contribution < 1.29 is 29.3 Å². The highest BCUT2D eigenvalue weighted by Crippen LogP contribution is 2.05. The van der Waals surface area contributed by atoms with E-state index in [4.69, 9.17) is 10.2 Å². The summed E-state index contributed by atoms with van der Waals surface area (Å²) < 4.78 is 7.81. The molecule has 0 unspecified atom stereocenters. The summed E-state index contributed by atoms with van der Waals surface area (Å²) in [5.41, 5.74) is 0. The van der Waals surface area contributed by atoms with Crippen LogP contribution in [0.4, 0.5) is 0 Å². The molecule has 0 aromatic carbocycles. The zero-order valence-corrected chi connectivity index (χ0v) is 4.68. The van der Waals surface area contributed by atoms with Crippen LogP contribution >= 0.6 is 0 Å². The quantitative estimate of drug-likeness (QED) is 0.376. The smallest absolute Gasteiger partial charge is 0.379 e. The fourth-order valence-electron chi connectivity index (χ4n) is 0.433. The number of hydrogen-bond acceptors (Lipinski definition) is 6. The second kappa shape index (κ2) is 2.24. The lowest BCUT2D eigenvalue weighted by Crippen LogP contribution is -2.43. The first kappa shape index (κ1) is 6.97. The Kier molecular flexibility index (Phi) is 1.56. The van der Waals surface area contributed by atoms with E-state index in [1.54, 1.807) is 0 Å². The molecule has 1 rings (SSSR count). The number of esters is 2. The molecule has 56 valence electrons. The highest BCUT2D eigenvalue weighted by Gasteiger charge is 2.35. The van der Waals surface area contributed by atoms with Crippen LogP contribution in [0.15, 0.2) is 0 Å². The number of cyclic esters (lactones) is 2. The molecule has 1 aliphatic heterocycles. The van der Waals surface area contributed by atoms with Gasteiger partial charge in [-0.3, -0.25) is 0 Å². The van der Waals surface area contributed by atoms with E-state index in [9.17, 15) is 9.59 Å². The Hall–Kier alpha value is -1.14. The Labute approximate surface area is 55.0 Å². The van der Waals surface area contributed by atoms with Gasteiger partial charge in [0.1, 0.15) is 0 Å². The third-order valence-corrected chi connectivity index (χ3v) is 0.859. The summed E-state index contributed by atoms with van der Waals surface area (Å²) in [5.74, 6) is -2.35. The van der Waals surface area contributed by atoms with E-state index in [0.29, 0.717) is 0 Å². The van der Waals surface area contributed by atoms with Gasteiger partial charge in [0.2, 0.25) is 0 Å². The Morgan fingerprint density at radius 2 is 1.30 bits per heavy atom. The average molecular weight is 148 g/mol. The number of aliphatic hydroxyl groups is 2. The van der Waals surface area contributed by atoms with Crippen molar-refractivity contribution in [2.24, 2.45) is 0 Å². The minimum absolute atomic E-state index is 1.17. The summed E-state index contributed by atoms with van der Waals surface area (Å²) >= 11 is 0. The second-order valence-corrected chi connectivity index (χ2v) is 1.58. The minimum atomic E-state index is -1.91. The zero-order valence-electron chi connectivity index (χ0n) is 4.68. The summed E-state index contributed by atoms with van der Waals surface area (Å²) in [5, 5.41) is 16.9. The van der Waals surface area contributed by atoms with Crippen LogP contribution in [0.2, 0.25) is 0 Å². The summed E-state index contributed by atoms with van der Waals surface area (Å²) in [4.78, 5) is 20.5. The summed E-state index contributed by atoms with van der Waals surface area (Å²) in [6.45, 7) is 0. The van der Waals surface area contributed by atoms with Crippen molar-refractivity contribution in [3.63, 3.8) is 0 Å². The lowest BCUT2D eigenvalue weighted by Gasteiger charge is -2.19. The number of carbonyl (C=O) groups is 2. The van der Waals surface area contributed by atoms with Crippen molar-refractivity contribution in [2.45, 2.75) is 12.6 Å². The minimum Gasteiger partial charge on any atom is -0.419 e. The number of ether oxygens (including phenoxy) is 2. The van der Waals surface area contributed by atoms with Gasteiger partial charge in [0.05, 0.1) is 0 Å². The summed E-state index contributed by atoms with van der Waals surface area (Å²) in [6, 6.07) is 0. The molecule has 1 fully saturated rings. The molecular formula is C4H4O6. The van der Waals surface area contributed by atoms with E-state index >= 15 is 0 Å². The molecule has 0 amide bonds. The fourth-order valence-corrected chi connectivity index (χ4v) is 0.433. The number of hydrogen-bond donors (Lipinski definition) is 2. The Bertz CT molecular complexity index is 155. The van der Waals surface area contributed by atoms with E-state index in [-0.39, 0.29) is 0 Å². The molecule has 6 heteroatoms. The number of rotatable bonds is 0.